The van der Waals surface area contributed by atoms with Gasteiger partial charge in [-0.1, -0.05) is 6.07 Å². The van der Waals surface area contributed by atoms with Gasteiger partial charge in [0.1, 0.15) is 5.82 Å². The molecule has 2 N–H and O–H groups in total. The van der Waals surface area contributed by atoms with Crippen LogP contribution in [0.5, 0.6) is 0 Å². The number of nitrogens with two attached hydrogens (primary N) is 1. The van der Waals surface area contributed by atoms with Crippen LogP contribution < -0.4 is 10.6 Å². The number of carbonyl (C=O) groups excluding carboxylic acids is 1. The number of anilines is 1. The third-order valence-electron chi connectivity index (χ3n) is 7.28. The van der Waals surface area contributed by atoms with Crippen molar-refractivity contribution in [3.63, 3.8) is 0 Å². The van der Waals surface area contributed by atoms with Crippen LogP contribution in [0.4, 0.5) is 5.82 Å². The first-order valence-corrected chi connectivity index (χ1v) is 12.1. The molecule has 176 valence electrons. The minimum atomic E-state index is -0.0705. The van der Waals surface area contributed by atoms with Crippen LogP contribution in [0.25, 0.3) is 16.6 Å². The second-order valence-corrected chi connectivity index (χ2v) is 9.63. The van der Waals surface area contributed by atoms with E-state index >= 15 is 0 Å². The van der Waals surface area contributed by atoms with Crippen molar-refractivity contribution in [3.8, 4) is 0 Å². The first-order chi connectivity index (χ1) is 16.5. The SMILES string of the molecule is Cc1cn2nc([C@@H]3CCCCN3C(=O)c3cccc4c3cnn4C)cc2nc1N1CC[C@H](N)C1. The van der Waals surface area contributed by atoms with Crippen molar-refractivity contribution in [1.82, 2.24) is 29.3 Å². The fourth-order valence-corrected chi connectivity index (χ4v) is 5.48. The molecule has 2 aliphatic heterocycles. The van der Waals surface area contributed by atoms with Gasteiger partial charge < -0.3 is 15.5 Å². The predicted molar refractivity (Wildman–Crippen MR) is 131 cm³/mol. The average molecular weight is 459 g/mol. The Balaban J connectivity index is 1.35. The maximum absolute atomic E-state index is 13.8. The number of amides is 1. The van der Waals surface area contributed by atoms with Gasteiger partial charge in [0.2, 0.25) is 0 Å². The summed E-state index contributed by atoms with van der Waals surface area (Å²) in [4.78, 5) is 22.9. The molecule has 2 aliphatic rings. The lowest BCUT2D eigenvalue weighted by Crippen LogP contribution is -2.38. The van der Waals surface area contributed by atoms with Crippen molar-refractivity contribution >= 4 is 28.3 Å². The van der Waals surface area contributed by atoms with E-state index in [0.29, 0.717) is 5.56 Å². The van der Waals surface area contributed by atoms with Crippen LogP contribution in [-0.2, 0) is 7.05 Å². The summed E-state index contributed by atoms with van der Waals surface area (Å²) in [6, 6.07) is 8.00. The Morgan fingerprint density at radius 2 is 2.06 bits per heavy atom. The summed E-state index contributed by atoms with van der Waals surface area (Å²) in [5.41, 5.74) is 10.6. The summed E-state index contributed by atoms with van der Waals surface area (Å²) in [5.74, 6) is 1.02. The molecule has 0 aliphatic carbocycles. The van der Waals surface area contributed by atoms with E-state index in [4.69, 9.17) is 15.8 Å². The molecular weight excluding hydrogens is 428 g/mol. The average Bonchev–Trinajstić information content (AvgIpc) is 3.56. The van der Waals surface area contributed by atoms with Crippen molar-refractivity contribution in [2.75, 3.05) is 24.5 Å². The number of piperidine rings is 1. The molecule has 0 saturated carbocycles. The minimum absolute atomic E-state index is 0.0382. The van der Waals surface area contributed by atoms with E-state index < -0.39 is 0 Å². The fourth-order valence-electron chi connectivity index (χ4n) is 5.48. The van der Waals surface area contributed by atoms with Gasteiger partial charge in [0, 0.05) is 55.9 Å². The van der Waals surface area contributed by atoms with E-state index in [1.165, 1.54) is 0 Å². The maximum atomic E-state index is 13.8. The zero-order chi connectivity index (χ0) is 23.4. The van der Waals surface area contributed by atoms with E-state index in [1.54, 1.807) is 10.9 Å². The zero-order valence-corrected chi connectivity index (χ0v) is 19.7. The van der Waals surface area contributed by atoms with Gasteiger partial charge in [0.05, 0.1) is 29.0 Å². The highest BCUT2D eigenvalue weighted by molar-refractivity contribution is 6.06. The first kappa shape index (κ1) is 21.1. The topological polar surface area (TPSA) is 97.6 Å². The van der Waals surface area contributed by atoms with Gasteiger partial charge in [-0.05, 0) is 44.7 Å². The highest BCUT2D eigenvalue weighted by Crippen LogP contribution is 2.33. The molecule has 1 amide bonds. The minimum Gasteiger partial charge on any atom is -0.355 e. The third kappa shape index (κ3) is 3.42. The Kier molecular flexibility index (Phi) is 5.02. The molecule has 0 unspecified atom stereocenters. The third-order valence-corrected chi connectivity index (χ3v) is 7.28. The smallest absolute Gasteiger partial charge is 0.255 e. The molecule has 2 saturated heterocycles. The van der Waals surface area contributed by atoms with Crippen LogP contribution in [-0.4, -0.2) is 60.9 Å². The van der Waals surface area contributed by atoms with Crippen LogP contribution in [0, 0.1) is 6.92 Å². The summed E-state index contributed by atoms with van der Waals surface area (Å²) in [6.45, 7) is 4.54. The molecular formula is C25H30N8O. The number of benzene rings is 1. The Labute approximate surface area is 198 Å². The quantitative estimate of drug-likeness (QED) is 0.507. The van der Waals surface area contributed by atoms with Crippen LogP contribution in [0.1, 0.15) is 53.3 Å². The molecule has 2 atom stereocenters. The molecule has 9 nitrogen and oxygen atoms in total. The zero-order valence-electron chi connectivity index (χ0n) is 19.7. The summed E-state index contributed by atoms with van der Waals surface area (Å²) in [5, 5.41) is 10.1. The van der Waals surface area contributed by atoms with Crippen LogP contribution in [0.3, 0.4) is 0 Å². The van der Waals surface area contributed by atoms with Gasteiger partial charge in [-0.25, -0.2) is 9.50 Å². The van der Waals surface area contributed by atoms with Crippen LogP contribution >= 0.6 is 0 Å². The van der Waals surface area contributed by atoms with Crippen molar-refractivity contribution < 1.29 is 4.79 Å². The number of rotatable bonds is 3. The van der Waals surface area contributed by atoms with Crippen LogP contribution in [0.2, 0.25) is 0 Å². The molecule has 9 heteroatoms. The molecule has 4 aromatic rings. The number of aryl methyl sites for hydroxylation is 2. The van der Waals surface area contributed by atoms with E-state index in [2.05, 4.69) is 16.9 Å². The molecule has 1 aromatic carbocycles. The first-order valence-electron chi connectivity index (χ1n) is 12.1. The molecule has 0 radical (unpaired) electrons. The lowest BCUT2D eigenvalue weighted by atomic mass is 9.97. The molecule has 6 rings (SSSR count). The second kappa shape index (κ2) is 8.09. The number of hydrogen-bond donors (Lipinski definition) is 1. The molecule has 2 fully saturated rings. The molecule has 0 bridgehead atoms. The Bertz CT molecular complexity index is 1390. The number of likely N-dealkylation sites (tertiary alicyclic amines) is 1. The highest BCUT2D eigenvalue weighted by atomic mass is 16.2. The normalized spacial score (nSPS) is 21.1. The van der Waals surface area contributed by atoms with E-state index in [-0.39, 0.29) is 18.0 Å². The maximum Gasteiger partial charge on any atom is 0.255 e. The Hall–Kier alpha value is -3.46. The van der Waals surface area contributed by atoms with Crippen molar-refractivity contribution in [1.29, 1.82) is 0 Å². The largest absolute Gasteiger partial charge is 0.355 e. The lowest BCUT2D eigenvalue weighted by Gasteiger charge is -2.35. The van der Waals surface area contributed by atoms with Gasteiger partial charge in [-0.15, -0.1) is 0 Å². The predicted octanol–water partition coefficient (Wildman–Crippen LogP) is 2.83. The molecule has 3 aromatic heterocycles. The van der Waals surface area contributed by atoms with Crippen molar-refractivity contribution in [2.45, 2.75) is 44.7 Å². The second-order valence-electron chi connectivity index (χ2n) is 9.63. The summed E-state index contributed by atoms with van der Waals surface area (Å²) >= 11 is 0. The van der Waals surface area contributed by atoms with Gasteiger partial charge in [-0.3, -0.25) is 9.48 Å². The summed E-state index contributed by atoms with van der Waals surface area (Å²) in [6.07, 6.45) is 7.77. The van der Waals surface area contributed by atoms with E-state index in [0.717, 1.165) is 78.9 Å². The Morgan fingerprint density at radius 1 is 1.18 bits per heavy atom. The van der Waals surface area contributed by atoms with Gasteiger partial charge in [-0.2, -0.15) is 10.2 Å². The van der Waals surface area contributed by atoms with Gasteiger partial charge in [0.25, 0.3) is 5.91 Å². The number of hydrogen-bond acceptors (Lipinski definition) is 6. The Morgan fingerprint density at radius 3 is 2.88 bits per heavy atom. The molecule has 0 spiro atoms. The van der Waals surface area contributed by atoms with Crippen molar-refractivity contribution in [2.24, 2.45) is 12.8 Å². The fraction of sp³-hybridized carbons (Fsp3) is 0.440. The highest BCUT2D eigenvalue weighted by Gasteiger charge is 2.32. The number of aromatic nitrogens is 5. The summed E-state index contributed by atoms with van der Waals surface area (Å²) < 4.78 is 3.66. The van der Waals surface area contributed by atoms with E-state index in [1.807, 2.05) is 46.9 Å². The van der Waals surface area contributed by atoms with Gasteiger partial charge in [0.15, 0.2) is 5.65 Å². The number of nitrogens with zero attached hydrogens (tertiary/aromatic N) is 7. The number of fused-ring (bicyclic) bond motifs is 2. The lowest BCUT2D eigenvalue weighted by molar-refractivity contribution is 0.0608. The van der Waals surface area contributed by atoms with Gasteiger partial charge >= 0.3 is 0 Å². The van der Waals surface area contributed by atoms with Crippen molar-refractivity contribution in [3.05, 3.63) is 53.5 Å². The summed E-state index contributed by atoms with van der Waals surface area (Å²) in [7, 11) is 1.90. The van der Waals surface area contributed by atoms with E-state index in [9.17, 15) is 4.79 Å². The number of carbonyl (C=O) groups is 1. The molecule has 34 heavy (non-hydrogen) atoms. The van der Waals surface area contributed by atoms with Crippen LogP contribution in [0.15, 0.2) is 36.7 Å². The monoisotopic (exact) mass is 458 g/mol. The molecule has 5 heterocycles. The standard InChI is InChI=1S/C25H30N8O/c1-16-14-33-23(28-24(16)31-11-9-17(26)15-31)12-20(29-33)22-7-3-4-10-32(22)25(34)18-6-5-8-21-19(18)13-27-30(21)2/h5-6,8,12-14,17,22H,3-4,7,9-11,15,26H2,1-2H3/t17-,22-/m0/s1.